The molecule has 10 aromatic rings. The zero-order valence-electron chi connectivity index (χ0n) is 50.5. The van der Waals surface area contributed by atoms with Crippen molar-refractivity contribution in [3.8, 4) is 33.4 Å². The molecule has 0 saturated heterocycles. The van der Waals surface area contributed by atoms with E-state index in [0.717, 1.165) is 6.07 Å². The van der Waals surface area contributed by atoms with Crippen LogP contribution in [-0.2, 0) is 0 Å². The molecule has 0 aliphatic rings. The first-order valence-corrected chi connectivity index (χ1v) is 14.0. The van der Waals surface area contributed by atoms with Crippen molar-refractivity contribution in [2.24, 2.45) is 0 Å². The highest BCUT2D eigenvalue weighted by molar-refractivity contribution is 6.27. The summed E-state index contributed by atoms with van der Waals surface area (Å²) in [6, 6.07) is -22.8. The lowest BCUT2D eigenvalue weighted by Crippen LogP contribution is -1.92. The Bertz CT molecular complexity index is 4290. The van der Waals surface area contributed by atoms with E-state index in [9.17, 15) is 11.0 Å². The van der Waals surface area contributed by atoms with E-state index in [-0.39, 0.29) is 5.39 Å². The van der Waals surface area contributed by atoms with Crippen LogP contribution in [0.4, 0.5) is 0 Å². The number of fused-ring (bicyclic) bond motifs is 7. The molecular formula is C46H28O. The molecule has 0 N–H and O–H groups in total. The Labute approximate surface area is 309 Å². The second kappa shape index (κ2) is 10.2. The minimum atomic E-state index is -0.975. The van der Waals surface area contributed by atoms with Gasteiger partial charge in [-0.15, -0.1) is 0 Å². The fraction of sp³-hybridized carbons (Fsp3) is 0. The largest absolute Gasteiger partial charge is 0.456 e. The second-order valence-electron chi connectivity index (χ2n) is 10.4. The van der Waals surface area contributed by atoms with Gasteiger partial charge in [0.1, 0.15) is 11.2 Å². The molecule has 10 rings (SSSR count). The Balaban J connectivity index is 1.54. The maximum atomic E-state index is 9.63. The van der Waals surface area contributed by atoms with Crippen LogP contribution in [0.5, 0.6) is 0 Å². The summed E-state index contributed by atoms with van der Waals surface area (Å²) in [5.41, 5.74) is -4.82. The Hall–Kier alpha value is -6.18. The van der Waals surface area contributed by atoms with Crippen molar-refractivity contribution in [3.63, 3.8) is 0 Å². The molecule has 1 nitrogen and oxygen atoms in total. The van der Waals surface area contributed by atoms with Crippen LogP contribution >= 0.6 is 0 Å². The molecule has 9 aromatic carbocycles. The third-order valence-electron chi connectivity index (χ3n) is 7.93. The molecule has 0 unspecified atom stereocenters. The third-order valence-corrected chi connectivity index (χ3v) is 7.93. The maximum absolute atomic E-state index is 9.63. The molecular weight excluding hydrogens is 569 g/mol. The van der Waals surface area contributed by atoms with Gasteiger partial charge in [-0.3, -0.25) is 0 Å². The molecule has 0 aliphatic carbocycles. The van der Waals surface area contributed by atoms with Crippen molar-refractivity contribution in [1.82, 2.24) is 0 Å². The average molecular weight is 624 g/mol. The highest BCUT2D eigenvalue weighted by atomic mass is 16.3. The van der Waals surface area contributed by atoms with Gasteiger partial charge in [0.25, 0.3) is 0 Å². The molecule has 0 radical (unpaired) electrons. The summed E-state index contributed by atoms with van der Waals surface area (Å²) in [5.74, 6) is 0. The minimum absolute atomic E-state index is 0.352. The molecule has 0 saturated carbocycles. The molecule has 0 atom stereocenters. The van der Waals surface area contributed by atoms with E-state index in [0.29, 0.717) is 0 Å². The summed E-state index contributed by atoms with van der Waals surface area (Å²) >= 11 is 0. The molecule has 218 valence electrons. The van der Waals surface area contributed by atoms with Gasteiger partial charge < -0.3 is 4.42 Å². The monoisotopic (exact) mass is 623 g/mol. The normalized spacial score (nSPS) is 19.9. The van der Waals surface area contributed by atoms with E-state index in [1.54, 1.807) is 0 Å². The highest BCUT2D eigenvalue weighted by Crippen LogP contribution is 2.48. The standard InChI is InChI=1S/C46H28O/c1-3-16-32-29(12-1)14-9-22-34(32)31-26-27-42-41(28-31)46-40(24-11-25-43(46)47-42)45-38-20-7-5-18-36(38)44(37-19-6-8-21-39(37)45)35-23-10-15-30-13-2-4-17-33(30)35/h1-28H/i1D,2D,3D,4D,5D,6D,7D,8D,9D,10D,11D,12D,13D,14D,15D,16D,17D,18D,19D,20D,21D,22D,23D,24D,25D,26D,27D. The van der Waals surface area contributed by atoms with Crippen molar-refractivity contribution in [2.45, 2.75) is 0 Å². The van der Waals surface area contributed by atoms with Crippen LogP contribution in [0.1, 0.15) is 37.0 Å². The molecule has 47 heavy (non-hydrogen) atoms. The van der Waals surface area contributed by atoms with E-state index in [4.69, 9.17) is 30.5 Å². The first-order chi connectivity index (χ1) is 34.6. The molecule has 0 bridgehead atoms. The van der Waals surface area contributed by atoms with Crippen LogP contribution < -0.4 is 0 Å². The van der Waals surface area contributed by atoms with Gasteiger partial charge in [0.2, 0.25) is 0 Å². The lowest BCUT2D eigenvalue weighted by molar-refractivity contribution is 0.669. The zero-order chi connectivity index (χ0) is 54.4. The van der Waals surface area contributed by atoms with Crippen LogP contribution in [0.25, 0.3) is 98.4 Å². The highest BCUT2D eigenvalue weighted by Gasteiger charge is 2.21. The van der Waals surface area contributed by atoms with Crippen LogP contribution in [0, 0.1) is 0 Å². The van der Waals surface area contributed by atoms with E-state index < -0.39 is 256 Å². The summed E-state index contributed by atoms with van der Waals surface area (Å²) in [4.78, 5) is 0. The van der Waals surface area contributed by atoms with Crippen molar-refractivity contribution >= 4 is 65.0 Å². The first kappa shape index (κ1) is 11.0. The van der Waals surface area contributed by atoms with Gasteiger partial charge in [0.15, 0.2) is 0 Å². The van der Waals surface area contributed by atoms with Gasteiger partial charge in [-0.1, -0.05) is 151 Å². The number of hydrogen-bond donors (Lipinski definition) is 0. The predicted molar refractivity (Wildman–Crippen MR) is 200 cm³/mol. The SMILES string of the molecule is [2H]c1c(-c2c([2H])c([2H])c([2H])c3c([2H])c([2H])c([2H])c([2H])c23)cc2c(oc3c([2H])c([2H])c([2H])c(-c4c5c([2H])c([2H])c([2H])c([2H])c5c(-c5c([2H])c([2H])c([2H])c6c([2H])c([2H])c([2H])c([2H])c56)c5c([2H])c([2H])c([2H])c([2H])c45)c32)c1[2H]. The van der Waals surface area contributed by atoms with Crippen LogP contribution in [0.2, 0.25) is 0 Å². The fourth-order valence-electron chi connectivity index (χ4n) is 5.99. The van der Waals surface area contributed by atoms with Crippen molar-refractivity contribution in [2.75, 3.05) is 0 Å². The molecule has 0 aliphatic heterocycles. The molecule has 0 fully saturated rings. The molecule has 1 heteroatoms. The van der Waals surface area contributed by atoms with Crippen LogP contribution in [-0.4, -0.2) is 0 Å². The summed E-state index contributed by atoms with van der Waals surface area (Å²) in [5, 5.41) is -5.82. The Kier molecular flexibility index (Phi) is 2.37. The van der Waals surface area contributed by atoms with Crippen molar-refractivity contribution < 1.29 is 41.4 Å². The molecule has 0 amide bonds. The van der Waals surface area contributed by atoms with Gasteiger partial charge in [0, 0.05) is 10.8 Å². The van der Waals surface area contributed by atoms with E-state index >= 15 is 0 Å². The predicted octanol–water partition coefficient (Wildman–Crippen LogP) is 13.2. The van der Waals surface area contributed by atoms with Gasteiger partial charge in [0.05, 0.1) is 37.0 Å². The van der Waals surface area contributed by atoms with Gasteiger partial charge in [-0.25, -0.2) is 0 Å². The van der Waals surface area contributed by atoms with E-state index in [2.05, 4.69) is 0 Å². The summed E-state index contributed by atoms with van der Waals surface area (Å²) in [6.07, 6.45) is 0. The minimum Gasteiger partial charge on any atom is -0.456 e. The molecule has 1 aromatic heterocycles. The van der Waals surface area contributed by atoms with Crippen LogP contribution in [0.3, 0.4) is 0 Å². The smallest absolute Gasteiger partial charge is 0.136 e. The van der Waals surface area contributed by atoms with E-state index in [1.807, 2.05) is 0 Å². The van der Waals surface area contributed by atoms with Gasteiger partial charge in [-0.2, -0.15) is 0 Å². The zero-order valence-corrected chi connectivity index (χ0v) is 23.5. The van der Waals surface area contributed by atoms with Crippen molar-refractivity contribution in [3.05, 3.63) is 169 Å². The van der Waals surface area contributed by atoms with Gasteiger partial charge >= 0.3 is 0 Å². The number of rotatable bonds is 3. The Morgan fingerprint density at radius 3 is 1.45 bits per heavy atom. The lowest BCUT2D eigenvalue weighted by Gasteiger charge is -2.19. The first-order valence-electron chi connectivity index (χ1n) is 27.5. The van der Waals surface area contributed by atoms with E-state index in [1.165, 1.54) is 0 Å². The lowest BCUT2D eigenvalue weighted by atomic mass is 9.84. The third kappa shape index (κ3) is 3.90. The number of hydrogen-bond acceptors (Lipinski definition) is 1. The van der Waals surface area contributed by atoms with Crippen molar-refractivity contribution in [1.29, 1.82) is 0 Å². The molecule has 1 heterocycles. The van der Waals surface area contributed by atoms with Gasteiger partial charge in [-0.05, 0) is 94.6 Å². The Morgan fingerprint density at radius 1 is 0.340 bits per heavy atom. The fourth-order valence-corrected chi connectivity index (χ4v) is 5.99. The number of furan rings is 1. The molecule has 0 spiro atoms. The summed E-state index contributed by atoms with van der Waals surface area (Å²) < 4.78 is 249. The maximum Gasteiger partial charge on any atom is 0.136 e. The average Bonchev–Trinajstić information content (AvgIpc) is 3.76. The number of benzene rings is 9. The summed E-state index contributed by atoms with van der Waals surface area (Å²) in [7, 11) is 0. The quantitative estimate of drug-likeness (QED) is 0.178. The summed E-state index contributed by atoms with van der Waals surface area (Å²) in [6.45, 7) is 0. The Morgan fingerprint density at radius 2 is 0.809 bits per heavy atom. The van der Waals surface area contributed by atoms with Crippen LogP contribution in [0.15, 0.2) is 174 Å². The second-order valence-corrected chi connectivity index (χ2v) is 10.4. The topological polar surface area (TPSA) is 13.1 Å².